The minimum absolute atomic E-state index is 0.292. The number of sulfonamides is 1. The van der Waals surface area contributed by atoms with Crippen LogP contribution in [0.3, 0.4) is 0 Å². The van der Waals surface area contributed by atoms with Crippen LogP contribution in [0, 0.1) is 13.8 Å². The van der Waals surface area contributed by atoms with Gasteiger partial charge in [-0.3, -0.25) is 0 Å². The Morgan fingerprint density at radius 1 is 1.30 bits per heavy atom. The van der Waals surface area contributed by atoms with E-state index in [2.05, 4.69) is 15.0 Å². The number of aryl methyl sites for hydroxylation is 2. The van der Waals surface area contributed by atoms with Crippen molar-refractivity contribution in [3.05, 3.63) is 39.8 Å². The first-order valence-electron chi connectivity index (χ1n) is 6.11. The van der Waals surface area contributed by atoms with Crippen LogP contribution < -0.4 is 10.0 Å². The molecular formula is C13H17N3O2S2. The molecule has 5 nitrogen and oxygen atoms in total. The number of hydrogen-bond acceptors (Lipinski definition) is 5. The Morgan fingerprint density at radius 3 is 2.65 bits per heavy atom. The molecule has 0 spiro atoms. The van der Waals surface area contributed by atoms with Gasteiger partial charge in [0, 0.05) is 16.8 Å². The summed E-state index contributed by atoms with van der Waals surface area (Å²) in [7, 11) is -2.02. The summed E-state index contributed by atoms with van der Waals surface area (Å²) in [5.41, 5.74) is 2.47. The smallest absolute Gasteiger partial charge is 0.240 e. The van der Waals surface area contributed by atoms with Gasteiger partial charge in [0.15, 0.2) is 0 Å². The van der Waals surface area contributed by atoms with Crippen molar-refractivity contribution in [3.8, 4) is 0 Å². The maximum Gasteiger partial charge on any atom is 0.240 e. The lowest BCUT2D eigenvalue weighted by molar-refractivity contribution is 0.587. The van der Waals surface area contributed by atoms with Crippen LogP contribution in [0.25, 0.3) is 0 Å². The molecule has 1 aromatic heterocycles. The molecule has 108 valence electrons. The van der Waals surface area contributed by atoms with Crippen LogP contribution in [0.5, 0.6) is 0 Å². The standard InChI is InChI=1S/C13H17N3O2S2/c1-9-4-5-11(6-12(9)20(17,18)14-3)15-7-13-16-10(2)8-19-13/h4-6,8,14-15H,7H2,1-3H3. The molecule has 2 aromatic rings. The molecule has 2 rings (SSSR count). The largest absolute Gasteiger partial charge is 0.378 e. The number of nitrogens with one attached hydrogen (secondary N) is 2. The fourth-order valence-electron chi connectivity index (χ4n) is 1.77. The zero-order valence-electron chi connectivity index (χ0n) is 11.6. The summed E-state index contributed by atoms with van der Waals surface area (Å²) in [6, 6.07) is 5.30. The molecule has 0 unspecified atom stereocenters. The zero-order chi connectivity index (χ0) is 14.8. The molecule has 1 aromatic carbocycles. The minimum atomic E-state index is -3.43. The van der Waals surface area contributed by atoms with Crippen LogP contribution in [0.1, 0.15) is 16.3 Å². The first-order chi connectivity index (χ1) is 9.42. The van der Waals surface area contributed by atoms with E-state index in [-0.39, 0.29) is 0 Å². The van der Waals surface area contributed by atoms with Crippen molar-refractivity contribution in [2.75, 3.05) is 12.4 Å². The lowest BCUT2D eigenvalue weighted by atomic mass is 10.2. The zero-order valence-corrected chi connectivity index (χ0v) is 13.2. The lowest BCUT2D eigenvalue weighted by Crippen LogP contribution is -2.19. The Morgan fingerprint density at radius 2 is 2.05 bits per heavy atom. The van der Waals surface area contributed by atoms with Gasteiger partial charge in [-0.25, -0.2) is 18.1 Å². The maximum atomic E-state index is 11.9. The second-order valence-corrected chi connectivity index (χ2v) is 7.22. The van der Waals surface area contributed by atoms with Crippen molar-refractivity contribution >= 4 is 27.0 Å². The van der Waals surface area contributed by atoms with E-state index in [0.717, 1.165) is 22.0 Å². The molecule has 1 heterocycles. The van der Waals surface area contributed by atoms with E-state index in [0.29, 0.717) is 11.4 Å². The third-order valence-corrected chi connectivity index (χ3v) is 5.38. The molecule has 0 amide bonds. The number of benzene rings is 1. The van der Waals surface area contributed by atoms with Gasteiger partial charge in [0.2, 0.25) is 10.0 Å². The van der Waals surface area contributed by atoms with E-state index in [1.165, 1.54) is 7.05 Å². The first kappa shape index (κ1) is 15.0. The van der Waals surface area contributed by atoms with Crippen LogP contribution in [-0.4, -0.2) is 20.4 Å². The highest BCUT2D eigenvalue weighted by Crippen LogP contribution is 2.20. The van der Waals surface area contributed by atoms with Crippen molar-refractivity contribution < 1.29 is 8.42 Å². The molecule has 0 fully saturated rings. The third kappa shape index (κ3) is 3.36. The highest BCUT2D eigenvalue weighted by atomic mass is 32.2. The number of thiazole rings is 1. The summed E-state index contributed by atoms with van der Waals surface area (Å²) >= 11 is 1.58. The van der Waals surface area contributed by atoms with Crippen LogP contribution >= 0.6 is 11.3 Å². The number of hydrogen-bond donors (Lipinski definition) is 2. The predicted molar refractivity (Wildman–Crippen MR) is 81.6 cm³/mol. The Kier molecular flexibility index (Phi) is 4.42. The van der Waals surface area contributed by atoms with Gasteiger partial charge in [0.25, 0.3) is 0 Å². The quantitative estimate of drug-likeness (QED) is 0.888. The van der Waals surface area contributed by atoms with Gasteiger partial charge in [0.05, 0.1) is 11.4 Å². The highest BCUT2D eigenvalue weighted by Gasteiger charge is 2.15. The van der Waals surface area contributed by atoms with Crippen molar-refractivity contribution in [1.82, 2.24) is 9.71 Å². The molecule has 0 aliphatic carbocycles. The fourth-order valence-corrected chi connectivity index (χ4v) is 3.48. The maximum absolute atomic E-state index is 11.9. The van der Waals surface area contributed by atoms with E-state index in [4.69, 9.17) is 0 Å². The average Bonchev–Trinajstić information content (AvgIpc) is 2.83. The summed E-state index contributed by atoms with van der Waals surface area (Å²) in [5.74, 6) is 0. The van der Waals surface area contributed by atoms with Crippen LogP contribution in [0.2, 0.25) is 0 Å². The van der Waals surface area contributed by atoms with E-state index < -0.39 is 10.0 Å². The molecule has 20 heavy (non-hydrogen) atoms. The normalized spacial score (nSPS) is 11.6. The van der Waals surface area contributed by atoms with E-state index >= 15 is 0 Å². The monoisotopic (exact) mass is 311 g/mol. The van der Waals surface area contributed by atoms with Crippen molar-refractivity contribution in [3.63, 3.8) is 0 Å². The lowest BCUT2D eigenvalue weighted by Gasteiger charge is -2.10. The SMILES string of the molecule is CNS(=O)(=O)c1cc(NCc2nc(C)cs2)ccc1C. The van der Waals surface area contributed by atoms with Crippen molar-refractivity contribution in [2.45, 2.75) is 25.3 Å². The molecule has 2 N–H and O–H groups in total. The van der Waals surface area contributed by atoms with Gasteiger partial charge in [-0.05, 0) is 38.6 Å². The number of anilines is 1. The van der Waals surface area contributed by atoms with Crippen molar-refractivity contribution in [1.29, 1.82) is 0 Å². The fraction of sp³-hybridized carbons (Fsp3) is 0.308. The molecular weight excluding hydrogens is 294 g/mol. The van der Waals surface area contributed by atoms with Gasteiger partial charge in [-0.1, -0.05) is 6.07 Å². The first-order valence-corrected chi connectivity index (χ1v) is 8.48. The Hall–Kier alpha value is -1.44. The second-order valence-electron chi connectivity index (χ2n) is 4.42. The van der Waals surface area contributed by atoms with E-state index in [9.17, 15) is 8.42 Å². The number of nitrogens with zero attached hydrogens (tertiary/aromatic N) is 1. The van der Waals surface area contributed by atoms with E-state index in [1.807, 2.05) is 18.4 Å². The molecule has 7 heteroatoms. The Labute approximate surface area is 123 Å². The molecule has 0 aliphatic heterocycles. The average molecular weight is 311 g/mol. The third-order valence-electron chi connectivity index (χ3n) is 2.86. The van der Waals surface area contributed by atoms with Gasteiger partial charge in [0.1, 0.15) is 5.01 Å². The summed E-state index contributed by atoms with van der Waals surface area (Å²) < 4.78 is 26.1. The van der Waals surface area contributed by atoms with Gasteiger partial charge < -0.3 is 5.32 Å². The van der Waals surface area contributed by atoms with Gasteiger partial charge in [-0.15, -0.1) is 11.3 Å². The molecule has 0 aliphatic rings. The molecule has 0 atom stereocenters. The minimum Gasteiger partial charge on any atom is -0.378 e. The van der Waals surface area contributed by atoms with Crippen LogP contribution in [0.15, 0.2) is 28.5 Å². The van der Waals surface area contributed by atoms with E-state index in [1.54, 1.807) is 30.4 Å². The Balaban J connectivity index is 2.19. The number of aromatic nitrogens is 1. The summed E-state index contributed by atoms with van der Waals surface area (Å²) in [6.45, 7) is 4.31. The van der Waals surface area contributed by atoms with Crippen LogP contribution in [0.4, 0.5) is 5.69 Å². The van der Waals surface area contributed by atoms with Crippen molar-refractivity contribution in [2.24, 2.45) is 0 Å². The van der Waals surface area contributed by atoms with Gasteiger partial charge >= 0.3 is 0 Å². The molecule has 0 radical (unpaired) electrons. The highest BCUT2D eigenvalue weighted by molar-refractivity contribution is 7.89. The number of rotatable bonds is 5. The summed E-state index contributed by atoms with van der Waals surface area (Å²) in [5, 5.41) is 6.16. The Bertz CT molecular complexity index is 708. The predicted octanol–water partition coefficient (Wildman–Crippen LogP) is 2.28. The van der Waals surface area contributed by atoms with Gasteiger partial charge in [-0.2, -0.15) is 0 Å². The second kappa shape index (κ2) is 5.90. The topological polar surface area (TPSA) is 71.1 Å². The summed E-state index contributed by atoms with van der Waals surface area (Å²) in [6.07, 6.45) is 0. The molecule has 0 saturated carbocycles. The van der Waals surface area contributed by atoms with Crippen LogP contribution in [-0.2, 0) is 16.6 Å². The molecule has 0 bridgehead atoms. The molecule has 0 saturated heterocycles. The summed E-state index contributed by atoms with van der Waals surface area (Å²) in [4.78, 5) is 4.65.